The van der Waals surface area contributed by atoms with Crippen LogP contribution in [0.25, 0.3) is 0 Å². The van der Waals surface area contributed by atoms with Gasteiger partial charge in [-0.25, -0.2) is 0 Å². The average Bonchev–Trinajstić information content (AvgIpc) is 2.88. The molecule has 0 saturated carbocycles. The number of guanidine groups is 1. The Morgan fingerprint density at radius 1 is 1.25 bits per heavy atom. The van der Waals surface area contributed by atoms with Crippen LogP contribution in [0.1, 0.15) is 25.5 Å². The number of aryl methyl sites for hydroxylation is 1. The molecule has 2 rings (SSSR count). The summed E-state index contributed by atoms with van der Waals surface area (Å²) in [4.78, 5) is 6.73. The standard InChI is InChI=1S/C15H29N7O.HI/c1-12-19-20-13(21(12)5)10-17-14(16-4)18-11-15(2,3)22-6-8-23-9-7-22;/h6-11H2,1-5H3,(H2,16,17,18);1H. The third-order valence-corrected chi connectivity index (χ3v) is 4.38. The summed E-state index contributed by atoms with van der Waals surface area (Å²) in [6.07, 6.45) is 0. The summed E-state index contributed by atoms with van der Waals surface area (Å²) in [5.41, 5.74) is 0.0444. The summed E-state index contributed by atoms with van der Waals surface area (Å²) in [5.74, 6) is 2.56. The Kier molecular flexibility index (Phi) is 8.37. The lowest BCUT2D eigenvalue weighted by Crippen LogP contribution is -2.56. The van der Waals surface area contributed by atoms with E-state index >= 15 is 0 Å². The zero-order valence-electron chi connectivity index (χ0n) is 15.3. The van der Waals surface area contributed by atoms with Crippen molar-refractivity contribution >= 4 is 29.9 Å². The van der Waals surface area contributed by atoms with Crippen LogP contribution in [0.4, 0.5) is 0 Å². The Bertz CT molecular complexity index is 538. The molecule has 0 aromatic carbocycles. The van der Waals surface area contributed by atoms with Crippen molar-refractivity contribution in [3.8, 4) is 0 Å². The van der Waals surface area contributed by atoms with Gasteiger partial charge in [0.25, 0.3) is 0 Å². The molecule has 0 aliphatic carbocycles. The molecule has 1 aliphatic rings. The van der Waals surface area contributed by atoms with Crippen molar-refractivity contribution in [1.82, 2.24) is 30.3 Å². The molecular formula is C15H30IN7O. The van der Waals surface area contributed by atoms with E-state index in [9.17, 15) is 0 Å². The van der Waals surface area contributed by atoms with Gasteiger partial charge in [-0.15, -0.1) is 34.2 Å². The minimum atomic E-state index is 0. The highest BCUT2D eigenvalue weighted by Crippen LogP contribution is 2.14. The van der Waals surface area contributed by atoms with Crippen LogP contribution in [-0.4, -0.2) is 71.1 Å². The predicted octanol–water partition coefficient (Wildman–Crippen LogP) is 0.517. The van der Waals surface area contributed by atoms with Gasteiger partial charge < -0.3 is 19.9 Å². The van der Waals surface area contributed by atoms with Crippen LogP contribution in [0.3, 0.4) is 0 Å². The lowest BCUT2D eigenvalue weighted by atomic mass is 10.0. The summed E-state index contributed by atoms with van der Waals surface area (Å²) in [6.45, 7) is 11.4. The molecule has 0 atom stereocenters. The molecule has 138 valence electrons. The summed E-state index contributed by atoms with van der Waals surface area (Å²) < 4.78 is 7.40. The first-order valence-corrected chi connectivity index (χ1v) is 8.06. The number of halogens is 1. The quantitative estimate of drug-likeness (QED) is 0.386. The largest absolute Gasteiger partial charge is 0.379 e. The molecular weight excluding hydrogens is 421 g/mol. The Morgan fingerprint density at radius 3 is 2.46 bits per heavy atom. The van der Waals surface area contributed by atoms with Crippen LogP contribution in [0.5, 0.6) is 0 Å². The number of hydrogen-bond donors (Lipinski definition) is 2. The molecule has 2 heterocycles. The monoisotopic (exact) mass is 451 g/mol. The van der Waals surface area contributed by atoms with Crippen LogP contribution >= 0.6 is 24.0 Å². The molecule has 1 aromatic rings. The SMILES string of the molecule is CN=C(NCc1nnc(C)n1C)NCC(C)(C)N1CCOCC1.I. The van der Waals surface area contributed by atoms with Crippen molar-refractivity contribution in [1.29, 1.82) is 0 Å². The van der Waals surface area contributed by atoms with Crippen molar-refractivity contribution in [3.05, 3.63) is 11.6 Å². The van der Waals surface area contributed by atoms with Crippen LogP contribution < -0.4 is 10.6 Å². The van der Waals surface area contributed by atoms with Gasteiger partial charge in [0, 0.05) is 39.3 Å². The van der Waals surface area contributed by atoms with Crippen LogP contribution in [0.15, 0.2) is 4.99 Å². The summed E-state index contributed by atoms with van der Waals surface area (Å²) >= 11 is 0. The minimum absolute atomic E-state index is 0. The van der Waals surface area contributed by atoms with Crippen molar-refractivity contribution in [2.45, 2.75) is 32.9 Å². The van der Waals surface area contributed by atoms with Gasteiger partial charge in [-0.1, -0.05) is 0 Å². The minimum Gasteiger partial charge on any atom is -0.379 e. The third-order valence-electron chi connectivity index (χ3n) is 4.38. The fourth-order valence-corrected chi connectivity index (χ4v) is 2.57. The molecule has 2 N–H and O–H groups in total. The molecule has 1 fully saturated rings. The Balaban J connectivity index is 0.00000288. The Hall–Kier alpha value is -0.940. The fraction of sp³-hybridized carbons (Fsp3) is 0.800. The van der Waals surface area contributed by atoms with E-state index in [4.69, 9.17) is 4.74 Å². The van der Waals surface area contributed by atoms with Gasteiger partial charge in [-0.3, -0.25) is 9.89 Å². The second-order valence-electron chi connectivity index (χ2n) is 6.41. The number of nitrogens with one attached hydrogen (secondary N) is 2. The number of morpholine rings is 1. The maximum atomic E-state index is 5.43. The second-order valence-corrected chi connectivity index (χ2v) is 6.41. The van der Waals surface area contributed by atoms with E-state index in [0.29, 0.717) is 6.54 Å². The van der Waals surface area contributed by atoms with Crippen molar-refractivity contribution in [2.75, 3.05) is 39.9 Å². The van der Waals surface area contributed by atoms with Gasteiger partial charge in [0.2, 0.25) is 0 Å². The second kappa shape index (κ2) is 9.52. The van der Waals surface area contributed by atoms with Gasteiger partial charge >= 0.3 is 0 Å². The van der Waals surface area contributed by atoms with E-state index < -0.39 is 0 Å². The topological polar surface area (TPSA) is 79.6 Å². The van der Waals surface area contributed by atoms with Crippen molar-refractivity contribution in [2.24, 2.45) is 12.0 Å². The zero-order chi connectivity index (χ0) is 16.9. The van der Waals surface area contributed by atoms with E-state index in [2.05, 4.69) is 44.6 Å². The highest BCUT2D eigenvalue weighted by Gasteiger charge is 2.28. The highest BCUT2D eigenvalue weighted by molar-refractivity contribution is 14.0. The van der Waals surface area contributed by atoms with E-state index in [1.807, 2.05) is 18.5 Å². The molecule has 9 heteroatoms. The number of aliphatic imine (C=N–C) groups is 1. The maximum Gasteiger partial charge on any atom is 0.191 e. The number of hydrogen-bond acceptors (Lipinski definition) is 5. The van der Waals surface area contributed by atoms with Crippen LogP contribution in [0, 0.1) is 6.92 Å². The van der Waals surface area contributed by atoms with E-state index in [0.717, 1.165) is 50.5 Å². The molecule has 24 heavy (non-hydrogen) atoms. The number of nitrogens with zero attached hydrogens (tertiary/aromatic N) is 5. The van der Waals surface area contributed by atoms with Crippen molar-refractivity contribution in [3.63, 3.8) is 0 Å². The first kappa shape index (κ1) is 21.1. The molecule has 0 unspecified atom stereocenters. The molecule has 1 saturated heterocycles. The highest BCUT2D eigenvalue weighted by atomic mass is 127. The summed E-state index contributed by atoms with van der Waals surface area (Å²) in [6, 6.07) is 0. The Morgan fingerprint density at radius 2 is 1.92 bits per heavy atom. The number of rotatable bonds is 5. The molecule has 1 aliphatic heterocycles. The normalized spacial score (nSPS) is 16.6. The average molecular weight is 451 g/mol. The fourth-order valence-electron chi connectivity index (χ4n) is 2.57. The first-order chi connectivity index (χ1) is 10.9. The van der Waals surface area contributed by atoms with Gasteiger partial charge in [0.05, 0.1) is 19.8 Å². The van der Waals surface area contributed by atoms with E-state index in [-0.39, 0.29) is 29.5 Å². The zero-order valence-corrected chi connectivity index (χ0v) is 17.6. The number of ether oxygens (including phenoxy) is 1. The smallest absolute Gasteiger partial charge is 0.191 e. The lowest BCUT2D eigenvalue weighted by molar-refractivity contribution is -0.00834. The third kappa shape index (κ3) is 5.55. The van der Waals surface area contributed by atoms with Crippen LogP contribution in [-0.2, 0) is 18.3 Å². The van der Waals surface area contributed by atoms with Gasteiger partial charge in [-0.2, -0.15) is 0 Å². The summed E-state index contributed by atoms with van der Waals surface area (Å²) in [5, 5.41) is 14.9. The molecule has 8 nitrogen and oxygen atoms in total. The molecule has 0 spiro atoms. The first-order valence-electron chi connectivity index (χ1n) is 8.06. The lowest BCUT2D eigenvalue weighted by Gasteiger charge is -2.41. The molecule has 0 radical (unpaired) electrons. The molecule has 0 amide bonds. The van der Waals surface area contributed by atoms with Gasteiger partial charge in [0.15, 0.2) is 11.8 Å². The van der Waals surface area contributed by atoms with E-state index in [1.165, 1.54) is 0 Å². The van der Waals surface area contributed by atoms with E-state index in [1.54, 1.807) is 7.05 Å². The number of aromatic nitrogens is 3. The molecule has 0 bridgehead atoms. The Labute approximate surface area is 161 Å². The van der Waals surface area contributed by atoms with Crippen molar-refractivity contribution < 1.29 is 4.74 Å². The molecule has 1 aromatic heterocycles. The summed E-state index contributed by atoms with van der Waals surface area (Å²) in [7, 11) is 3.74. The van der Waals surface area contributed by atoms with Gasteiger partial charge in [-0.05, 0) is 20.8 Å². The van der Waals surface area contributed by atoms with Gasteiger partial charge in [0.1, 0.15) is 5.82 Å². The maximum absolute atomic E-state index is 5.43. The predicted molar refractivity (Wildman–Crippen MR) is 106 cm³/mol. The van der Waals surface area contributed by atoms with Crippen LogP contribution in [0.2, 0.25) is 0 Å².